The average molecular weight is 329 g/mol. The number of nitrogens with zero attached hydrogens (tertiary/aromatic N) is 2. The molecule has 1 aliphatic rings. The maximum absolute atomic E-state index is 12.6. The van der Waals surface area contributed by atoms with Gasteiger partial charge in [-0.2, -0.15) is 0 Å². The third-order valence-corrected chi connectivity index (χ3v) is 5.32. The number of nitrogens with two attached hydrogens (primary N) is 1. The zero-order valence-electron chi connectivity index (χ0n) is 14.8. The van der Waals surface area contributed by atoms with E-state index in [1.165, 1.54) is 0 Å². The van der Waals surface area contributed by atoms with E-state index in [1.54, 1.807) is 4.90 Å². The summed E-state index contributed by atoms with van der Waals surface area (Å²) >= 11 is 0. The first-order valence-electron chi connectivity index (χ1n) is 8.58. The molecule has 1 aromatic heterocycles. The molecule has 2 unspecified atom stereocenters. The minimum absolute atomic E-state index is 0.0894. The highest BCUT2D eigenvalue weighted by Crippen LogP contribution is 2.29. The van der Waals surface area contributed by atoms with E-state index in [0.29, 0.717) is 13.1 Å². The number of carbonyl (C=O) groups excluding carboxylic acids is 1. The Balaban J connectivity index is 1.64. The normalized spacial score (nSPS) is 22.8. The highest BCUT2D eigenvalue weighted by atomic mass is 16.3. The molecule has 0 saturated carbocycles. The lowest BCUT2D eigenvalue weighted by atomic mass is 9.90. The monoisotopic (exact) mass is 329 g/mol. The van der Waals surface area contributed by atoms with E-state index in [9.17, 15) is 4.79 Å². The molecular formula is C19H27N3O2. The van der Waals surface area contributed by atoms with E-state index < -0.39 is 0 Å². The van der Waals surface area contributed by atoms with E-state index in [2.05, 4.69) is 11.8 Å². The Labute approximate surface area is 143 Å². The first-order chi connectivity index (χ1) is 11.4. The molecule has 2 aromatic rings. The number of hydrogen-bond donors (Lipinski definition) is 1. The van der Waals surface area contributed by atoms with Gasteiger partial charge in [-0.3, -0.25) is 9.69 Å². The number of likely N-dealkylation sites (N-methyl/N-ethyl adjacent to an activating group) is 1. The number of rotatable bonds is 5. The summed E-state index contributed by atoms with van der Waals surface area (Å²) in [6, 6.07) is 9.85. The van der Waals surface area contributed by atoms with Crippen LogP contribution < -0.4 is 5.73 Å². The molecule has 1 aliphatic heterocycles. The van der Waals surface area contributed by atoms with E-state index in [0.717, 1.165) is 36.2 Å². The van der Waals surface area contributed by atoms with Crippen LogP contribution in [-0.2, 0) is 4.79 Å². The van der Waals surface area contributed by atoms with E-state index >= 15 is 0 Å². The largest absolute Gasteiger partial charge is 0.459 e. The predicted octanol–water partition coefficient (Wildman–Crippen LogP) is 2.62. The Morgan fingerprint density at radius 2 is 2.21 bits per heavy atom. The summed E-state index contributed by atoms with van der Waals surface area (Å²) in [6.07, 6.45) is 1.06. The smallest absolute Gasteiger partial charge is 0.237 e. The van der Waals surface area contributed by atoms with Crippen molar-refractivity contribution in [2.24, 2.45) is 11.1 Å². The quantitative estimate of drug-likeness (QED) is 0.916. The zero-order valence-corrected chi connectivity index (χ0v) is 14.8. The molecule has 2 atom stereocenters. The number of likely N-dealkylation sites (tertiary alicyclic amines) is 1. The minimum atomic E-state index is -0.0894. The van der Waals surface area contributed by atoms with Crippen LogP contribution in [0.2, 0.25) is 0 Å². The molecule has 3 rings (SSSR count). The molecule has 24 heavy (non-hydrogen) atoms. The Hall–Kier alpha value is -1.85. The molecule has 0 spiro atoms. The van der Waals surface area contributed by atoms with Gasteiger partial charge >= 0.3 is 0 Å². The van der Waals surface area contributed by atoms with Crippen LogP contribution in [0.3, 0.4) is 0 Å². The molecule has 2 heterocycles. The molecule has 0 radical (unpaired) electrons. The second-order valence-corrected chi connectivity index (χ2v) is 7.34. The fourth-order valence-corrected chi connectivity index (χ4v) is 3.35. The lowest BCUT2D eigenvalue weighted by molar-refractivity contribution is -0.133. The van der Waals surface area contributed by atoms with Crippen molar-refractivity contribution in [1.29, 1.82) is 0 Å². The van der Waals surface area contributed by atoms with Crippen LogP contribution in [0, 0.1) is 5.41 Å². The van der Waals surface area contributed by atoms with Crippen molar-refractivity contribution < 1.29 is 9.21 Å². The summed E-state index contributed by atoms with van der Waals surface area (Å²) in [5.41, 5.74) is 6.85. The van der Waals surface area contributed by atoms with Gasteiger partial charge in [-0.05, 0) is 44.0 Å². The van der Waals surface area contributed by atoms with Crippen molar-refractivity contribution in [3.05, 3.63) is 36.1 Å². The number of hydrogen-bond acceptors (Lipinski definition) is 4. The Morgan fingerprint density at radius 1 is 1.46 bits per heavy atom. The molecule has 0 aliphatic carbocycles. The lowest BCUT2D eigenvalue weighted by Crippen LogP contribution is -2.40. The molecule has 2 N–H and O–H groups in total. The van der Waals surface area contributed by atoms with Crippen LogP contribution in [0.5, 0.6) is 0 Å². The fourth-order valence-electron chi connectivity index (χ4n) is 3.35. The SMILES string of the molecule is CC(c1cc2ccccc2o1)N(C)C(=O)CN1CCC(C)(CN)C1. The summed E-state index contributed by atoms with van der Waals surface area (Å²) in [4.78, 5) is 16.6. The molecule has 5 heteroatoms. The molecule has 130 valence electrons. The molecule has 1 aromatic carbocycles. The maximum atomic E-state index is 12.6. The predicted molar refractivity (Wildman–Crippen MR) is 95.6 cm³/mol. The van der Waals surface area contributed by atoms with Crippen molar-refractivity contribution in [2.45, 2.75) is 26.3 Å². The number of furan rings is 1. The van der Waals surface area contributed by atoms with Gasteiger partial charge < -0.3 is 15.1 Å². The van der Waals surface area contributed by atoms with Crippen molar-refractivity contribution in [1.82, 2.24) is 9.80 Å². The summed E-state index contributed by atoms with van der Waals surface area (Å²) < 4.78 is 5.90. The van der Waals surface area contributed by atoms with Crippen molar-refractivity contribution >= 4 is 16.9 Å². The number of amides is 1. The van der Waals surface area contributed by atoms with Gasteiger partial charge in [0.1, 0.15) is 11.3 Å². The molecule has 1 amide bonds. The van der Waals surface area contributed by atoms with Crippen molar-refractivity contribution in [3.8, 4) is 0 Å². The molecule has 5 nitrogen and oxygen atoms in total. The third kappa shape index (κ3) is 3.32. The van der Waals surface area contributed by atoms with E-state index in [-0.39, 0.29) is 17.4 Å². The summed E-state index contributed by atoms with van der Waals surface area (Å²) in [7, 11) is 1.85. The van der Waals surface area contributed by atoms with Crippen LogP contribution in [0.25, 0.3) is 11.0 Å². The summed E-state index contributed by atoms with van der Waals surface area (Å²) in [5.74, 6) is 0.935. The van der Waals surface area contributed by atoms with Gasteiger partial charge in [0.15, 0.2) is 0 Å². The number of benzene rings is 1. The van der Waals surface area contributed by atoms with E-state index in [1.807, 2.05) is 44.3 Å². The molecular weight excluding hydrogens is 302 g/mol. The maximum Gasteiger partial charge on any atom is 0.237 e. The lowest BCUT2D eigenvalue weighted by Gasteiger charge is -2.27. The Morgan fingerprint density at radius 3 is 2.88 bits per heavy atom. The standard InChI is InChI=1S/C19H27N3O2/c1-14(17-10-15-6-4-5-7-16(15)24-17)21(3)18(23)11-22-9-8-19(2,12-20)13-22/h4-7,10,14H,8-9,11-13,20H2,1-3H3. The second kappa shape index (κ2) is 6.57. The van der Waals surface area contributed by atoms with Gasteiger partial charge in [0.25, 0.3) is 0 Å². The summed E-state index contributed by atoms with van der Waals surface area (Å²) in [6.45, 7) is 7.13. The summed E-state index contributed by atoms with van der Waals surface area (Å²) in [5, 5.41) is 1.07. The van der Waals surface area contributed by atoms with Crippen LogP contribution in [-0.4, -0.2) is 48.9 Å². The first-order valence-corrected chi connectivity index (χ1v) is 8.58. The van der Waals surface area contributed by atoms with Gasteiger partial charge in [-0.25, -0.2) is 0 Å². The van der Waals surface area contributed by atoms with Gasteiger partial charge in [-0.15, -0.1) is 0 Å². The second-order valence-electron chi connectivity index (χ2n) is 7.34. The molecule has 1 saturated heterocycles. The zero-order chi connectivity index (χ0) is 17.3. The average Bonchev–Trinajstić information content (AvgIpc) is 3.17. The first kappa shape index (κ1) is 17.0. The molecule has 1 fully saturated rings. The Bertz CT molecular complexity index is 693. The van der Waals surface area contributed by atoms with Crippen LogP contribution >= 0.6 is 0 Å². The van der Waals surface area contributed by atoms with Crippen LogP contribution in [0.4, 0.5) is 0 Å². The van der Waals surface area contributed by atoms with Gasteiger partial charge in [-0.1, -0.05) is 25.1 Å². The van der Waals surface area contributed by atoms with Crippen molar-refractivity contribution in [2.75, 3.05) is 33.2 Å². The number of para-hydroxylation sites is 1. The number of fused-ring (bicyclic) bond motifs is 1. The minimum Gasteiger partial charge on any atom is -0.459 e. The topological polar surface area (TPSA) is 62.7 Å². The van der Waals surface area contributed by atoms with Gasteiger partial charge in [0.05, 0.1) is 12.6 Å². The van der Waals surface area contributed by atoms with Crippen LogP contribution in [0.1, 0.15) is 32.1 Å². The third-order valence-electron chi connectivity index (χ3n) is 5.32. The van der Waals surface area contributed by atoms with E-state index in [4.69, 9.17) is 10.2 Å². The fraction of sp³-hybridized carbons (Fsp3) is 0.526. The highest BCUT2D eigenvalue weighted by Gasteiger charge is 2.34. The Kier molecular flexibility index (Phi) is 4.65. The van der Waals surface area contributed by atoms with Crippen LogP contribution in [0.15, 0.2) is 34.7 Å². The van der Waals surface area contributed by atoms with Crippen molar-refractivity contribution in [3.63, 3.8) is 0 Å². The number of carbonyl (C=O) groups is 1. The van der Waals surface area contributed by atoms with Gasteiger partial charge in [0, 0.05) is 19.0 Å². The van der Waals surface area contributed by atoms with Gasteiger partial charge in [0.2, 0.25) is 5.91 Å². The highest BCUT2D eigenvalue weighted by molar-refractivity contribution is 5.80. The molecule has 0 bridgehead atoms.